The monoisotopic (exact) mass is 435 g/mol. The van der Waals surface area contributed by atoms with Crippen molar-refractivity contribution in [3.05, 3.63) is 53.0 Å². The van der Waals surface area contributed by atoms with E-state index in [1.54, 1.807) is 12.1 Å². The Labute approximate surface area is 166 Å². The van der Waals surface area contributed by atoms with Gasteiger partial charge >= 0.3 is 5.97 Å². The molecule has 0 fully saturated rings. The molecular weight excluding hydrogens is 414 g/mol. The van der Waals surface area contributed by atoms with Crippen molar-refractivity contribution in [1.29, 1.82) is 0 Å². The molecule has 0 aliphatic carbocycles. The van der Waals surface area contributed by atoms with Crippen LogP contribution in [-0.4, -0.2) is 31.7 Å². The van der Waals surface area contributed by atoms with Gasteiger partial charge in [-0.15, -0.1) is 0 Å². The normalized spacial score (nSPS) is 10.1. The zero-order valence-electron chi connectivity index (χ0n) is 15.1. The molecule has 0 aliphatic rings. The lowest BCUT2D eigenvalue weighted by Gasteiger charge is -2.11. The molecule has 144 valence electrons. The van der Waals surface area contributed by atoms with Gasteiger partial charge in [-0.1, -0.05) is 28.1 Å². The van der Waals surface area contributed by atoms with E-state index in [0.29, 0.717) is 36.8 Å². The Kier molecular flexibility index (Phi) is 8.64. The van der Waals surface area contributed by atoms with E-state index < -0.39 is 5.97 Å². The number of carbonyl (C=O) groups excluding carboxylic acids is 2. The first-order valence-corrected chi connectivity index (χ1v) is 9.43. The Hall–Kier alpha value is -2.54. The summed E-state index contributed by atoms with van der Waals surface area (Å²) in [5.74, 6) is 0.490. The van der Waals surface area contributed by atoms with Crippen LogP contribution >= 0.6 is 15.9 Å². The van der Waals surface area contributed by atoms with Gasteiger partial charge in [-0.25, -0.2) is 0 Å². The molecule has 0 spiro atoms. The highest BCUT2D eigenvalue weighted by Gasteiger charge is 2.09. The van der Waals surface area contributed by atoms with E-state index in [1.165, 1.54) is 0 Å². The van der Waals surface area contributed by atoms with Crippen LogP contribution in [0.5, 0.6) is 11.5 Å². The standard InChI is InChI=1S/C20H22BrNO5/c1-2-25-17-6-3-4-7-18(17)26-13-5-8-20(24)27-14-19(23)22-16-11-9-15(21)10-12-16/h3-4,6-7,9-12H,2,5,8,13-14H2,1H3,(H,22,23). The number of para-hydroxylation sites is 2. The van der Waals surface area contributed by atoms with E-state index in [4.69, 9.17) is 14.2 Å². The summed E-state index contributed by atoms with van der Waals surface area (Å²) in [5.41, 5.74) is 0.639. The Bertz CT molecular complexity index is 748. The van der Waals surface area contributed by atoms with Gasteiger partial charge < -0.3 is 19.5 Å². The Balaban J connectivity index is 1.63. The second-order valence-electron chi connectivity index (χ2n) is 5.55. The Morgan fingerprint density at radius 3 is 2.33 bits per heavy atom. The predicted octanol–water partition coefficient (Wildman–Crippen LogP) is 4.19. The lowest BCUT2D eigenvalue weighted by Crippen LogP contribution is -2.21. The van der Waals surface area contributed by atoms with Crippen molar-refractivity contribution in [1.82, 2.24) is 0 Å². The van der Waals surface area contributed by atoms with Crippen molar-refractivity contribution in [3.63, 3.8) is 0 Å². The molecule has 2 aromatic rings. The number of ether oxygens (including phenoxy) is 3. The molecule has 0 saturated heterocycles. The smallest absolute Gasteiger partial charge is 0.306 e. The molecule has 0 aliphatic heterocycles. The second-order valence-corrected chi connectivity index (χ2v) is 6.46. The number of hydrogen-bond acceptors (Lipinski definition) is 5. The fourth-order valence-electron chi connectivity index (χ4n) is 2.19. The number of halogens is 1. The zero-order valence-corrected chi connectivity index (χ0v) is 16.7. The SMILES string of the molecule is CCOc1ccccc1OCCCC(=O)OCC(=O)Nc1ccc(Br)cc1. The van der Waals surface area contributed by atoms with Crippen molar-refractivity contribution in [3.8, 4) is 11.5 Å². The van der Waals surface area contributed by atoms with Gasteiger partial charge in [0.2, 0.25) is 0 Å². The average Bonchev–Trinajstić information content (AvgIpc) is 2.67. The van der Waals surface area contributed by atoms with E-state index in [0.717, 1.165) is 4.47 Å². The molecule has 0 atom stereocenters. The van der Waals surface area contributed by atoms with Crippen LogP contribution in [0.3, 0.4) is 0 Å². The lowest BCUT2D eigenvalue weighted by atomic mass is 10.3. The highest BCUT2D eigenvalue weighted by molar-refractivity contribution is 9.10. The summed E-state index contributed by atoms with van der Waals surface area (Å²) < 4.78 is 17.0. The predicted molar refractivity (Wildman–Crippen MR) is 106 cm³/mol. The fraction of sp³-hybridized carbons (Fsp3) is 0.300. The molecule has 2 rings (SSSR count). The van der Waals surface area contributed by atoms with Gasteiger partial charge in [-0.05, 0) is 49.7 Å². The Morgan fingerprint density at radius 1 is 1.00 bits per heavy atom. The topological polar surface area (TPSA) is 73.9 Å². The number of rotatable bonds is 10. The van der Waals surface area contributed by atoms with Gasteiger partial charge in [0.1, 0.15) is 0 Å². The number of carbonyl (C=O) groups is 2. The summed E-state index contributed by atoms with van der Waals surface area (Å²) in [6.45, 7) is 2.49. The van der Waals surface area contributed by atoms with Gasteiger partial charge in [0.25, 0.3) is 5.91 Å². The van der Waals surface area contributed by atoms with Crippen molar-refractivity contribution < 1.29 is 23.8 Å². The number of benzene rings is 2. The van der Waals surface area contributed by atoms with Crippen LogP contribution in [0.2, 0.25) is 0 Å². The summed E-state index contributed by atoms with van der Waals surface area (Å²) in [7, 11) is 0. The van der Waals surface area contributed by atoms with Crippen LogP contribution < -0.4 is 14.8 Å². The van der Waals surface area contributed by atoms with E-state index in [2.05, 4.69) is 21.2 Å². The zero-order chi connectivity index (χ0) is 19.5. The summed E-state index contributed by atoms with van der Waals surface area (Å²) in [4.78, 5) is 23.5. The first-order chi connectivity index (χ1) is 13.1. The highest BCUT2D eigenvalue weighted by atomic mass is 79.9. The maximum Gasteiger partial charge on any atom is 0.306 e. The number of anilines is 1. The van der Waals surface area contributed by atoms with Gasteiger partial charge in [0.05, 0.1) is 13.2 Å². The molecular formula is C20H22BrNO5. The fourth-order valence-corrected chi connectivity index (χ4v) is 2.46. The first kappa shape index (κ1) is 20.8. The maximum atomic E-state index is 11.8. The number of nitrogens with one attached hydrogen (secondary N) is 1. The molecule has 0 unspecified atom stereocenters. The Morgan fingerprint density at radius 2 is 1.67 bits per heavy atom. The molecule has 0 heterocycles. The molecule has 6 nitrogen and oxygen atoms in total. The highest BCUT2D eigenvalue weighted by Crippen LogP contribution is 2.26. The van der Waals surface area contributed by atoms with Crippen molar-refractivity contribution in [2.45, 2.75) is 19.8 Å². The van der Waals surface area contributed by atoms with Crippen LogP contribution in [0, 0.1) is 0 Å². The molecule has 0 aromatic heterocycles. The van der Waals surface area contributed by atoms with Crippen LogP contribution in [0.15, 0.2) is 53.0 Å². The summed E-state index contributed by atoms with van der Waals surface area (Å²) in [6.07, 6.45) is 0.649. The third-order valence-corrected chi connectivity index (χ3v) is 3.95. The molecule has 0 radical (unpaired) electrons. The largest absolute Gasteiger partial charge is 0.490 e. The molecule has 2 aromatic carbocycles. The minimum Gasteiger partial charge on any atom is -0.490 e. The molecule has 1 N–H and O–H groups in total. The number of hydrogen-bond donors (Lipinski definition) is 1. The third-order valence-electron chi connectivity index (χ3n) is 3.42. The van der Waals surface area contributed by atoms with Crippen molar-refractivity contribution in [2.75, 3.05) is 25.1 Å². The van der Waals surface area contributed by atoms with Crippen LogP contribution in [0.1, 0.15) is 19.8 Å². The number of amides is 1. The summed E-state index contributed by atoms with van der Waals surface area (Å²) in [6, 6.07) is 14.5. The lowest BCUT2D eigenvalue weighted by molar-refractivity contribution is -0.147. The van der Waals surface area contributed by atoms with Crippen LogP contribution in [0.4, 0.5) is 5.69 Å². The second kappa shape index (κ2) is 11.2. The third kappa shape index (κ3) is 7.70. The summed E-state index contributed by atoms with van der Waals surface area (Å²) in [5, 5.41) is 2.66. The summed E-state index contributed by atoms with van der Waals surface area (Å²) >= 11 is 3.32. The number of esters is 1. The van der Waals surface area contributed by atoms with E-state index >= 15 is 0 Å². The van der Waals surface area contributed by atoms with Gasteiger partial charge in [0.15, 0.2) is 18.1 Å². The maximum absolute atomic E-state index is 11.8. The van der Waals surface area contributed by atoms with Gasteiger partial charge in [-0.2, -0.15) is 0 Å². The van der Waals surface area contributed by atoms with Crippen molar-refractivity contribution in [2.24, 2.45) is 0 Å². The van der Waals surface area contributed by atoms with Gasteiger partial charge in [0, 0.05) is 16.6 Å². The van der Waals surface area contributed by atoms with E-state index in [1.807, 2.05) is 43.3 Å². The van der Waals surface area contributed by atoms with Gasteiger partial charge in [-0.3, -0.25) is 9.59 Å². The van der Waals surface area contributed by atoms with Crippen molar-refractivity contribution >= 4 is 33.5 Å². The molecule has 27 heavy (non-hydrogen) atoms. The van der Waals surface area contributed by atoms with E-state index in [9.17, 15) is 9.59 Å². The first-order valence-electron chi connectivity index (χ1n) is 8.64. The molecule has 7 heteroatoms. The average molecular weight is 436 g/mol. The molecule has 0 bridgehead atoms. The molecule has 0 saturated carbocycles. The van der Waals surface area contributed by atoms with Crippen LogP contribution in [-0.2, 0) is 14.3 Å². The quantitative estimate of drug-likeness (QED) is 0.447. The van der Waals surface area contributed by atoms with Crippen LogP contribution in [0.25, 0.3) is 0 Å². The minimum atomic E-state index is -0.442. The minimum absolute atomic E-state index is 0.169. The molecule has 1 amide bonds. The van der Waals surface area contributed by atoms with E-state index in [-0.39, 0.29) is 18.9 Å².